The van der Waals surface area contributed by atoms with Gasteiger partial charge < -0.3 is 5.32 Å². The van der Waals surface area contributed by atoms with Gasteiger partial charge in [-0.3, -0.25) is 4.79 Å². The van der Waals surface area contributed by atoms with Crippen LogP contribution in [0.25, 0.3) is 0 Å². The highest BCUT2D eigenvalue weighted by molar-refractivity contribution is 6.32. The van der Waals surface area contributed by atoms with Gasteiger partial charge in [0.15, 0.2) is 6.29 Å². The van der Waals surface area contributed by atoms with Crippen molar-refractivity contribution in [2.24, 2.45) is 10.8 Å². The van der Waals surface area contributed by atoms with E-state index in [0.717, 1.165) is 12.8 Å². The van der Waals surface area contributed by atoms with Crippen LogP contribution in [-0.4, -0.2) is 22.3 Å². The first kappa shape index (κ1) is 15.2. The van der Waals surface area contributed by atoms with Gasteiger partial charge in [0.2, 0.25) is 0 Å². The minimum Gasteiger partial charge on any atom is -0.367 e. The van der Waals surface area contributed by atoms with Crippen molar-refractivity contribution in [1.82, 2.24) is 9.97 Å². The smallest absolute Gasteiger partial charge is 0.156 e. The molecule has 0 atom stereocenters. The quantitative estimate of drug-likeness (QED) is 0.677. The third-order valence-corrected chi connectivity index (χ3v) is 4.15. The van der Waals surface area contributed by atoms with Gasteiger partial charge in [-0.05, 0) is 30.1 Å². The van der Waals surface area contributed by atoms with E-state index in [-0.39, 0.29) is 16.0 Å². The van der Waals surface area contributed by atoms with Gasteiger partial charge in [-0.1, -0.05) is 39.3 Å². The highest BCUT2D eigenvalue weighted by Gasteiger charge is 2.38. The molecule has 0 aliphatic heterocycles. The van der Waals surface area contributed by atoms with Gasteiger partial charge in [0.05, 0.1) is 5.56 Å². The SMILES string of the molecule is CC1(C)CC(Nc2ncnc(Cl)c2C=O)CC(C)(C)C1. The van der Waals surface area contributed by atoms with Crippen molar-refractivity contribution in [2.45, 2.75) is 53.0 Å². The summed E-state index contributed by atoms with van der Waals surface area (Å²) in [4.78, 5) is 19.1. The van der Waals surface area contributed by atoms with Gasteiger partial charge in [0, 0.05) is 6.04 Å². The Morgan fingerprint density at radius 1 is 1.25 bits per heavy atom. The predicted octanol–water partition coefficient (Wildman–Crippen LogP) is 3.96. The largest absolute Gasteiger partial charge is 0.367 e. The minimum atomic E-state index is 0.201. The molecule has 0 bridgehead atoms. The van der Waals surface area contributed by atoms with Crippen LogP contribution in [0.4, 0.5) is 5.82 Å². The number of hydrogen-bond acceptors (Lipinski definition) is 4. The molecule has 1 aromatic heterocycles. The first-order valence-electron chi connectivity index (χ1n) is 6.95. The Morgan fingerprint density at radius 2 is 1.85 bits per heavy atom. The molecule has 1 aliphatic carbocycles. The zero-order valence-electron chi connectivity index (χ0n) is 12.5. The van der Waals surface area contributed by atoms with Gasteiger partial charge in [0.25, 0.3) is 0 Å². The summed E-state index contributed by atoms with van der Waals surface area (Å²) in [5, 5.41) is 3.59. The molecule has 0 unspecified atom stereocenters. The van der Waals surface area contributed by atoms with E-state index in [1.165, 1.54) is 12.7 Å². The lowest BCUT2D eigenvalue weighted by atomic mass is 9.63. The average molecular weight is 296 g/mol. The number of carbonyl (C=O) groups is 1. The molecule has 1 aromatic rings. The maximum Gasteiger partial charge on any atom is 0.156 e. The fourth-order valence-electron chi connectivity index (χ4n) is 3.74. The Labute approximate surface area is 125 Å². The molecule has 4 nitrogen and oxygen atoms in total. The normalized spacial score (nSPS) is 21.4. The lowest BCUT2D eigenvalue weighted by Gasteiger charge is -2.45. The molecular weight excluding hydrogens is 274 g/mol. The van der Waals surface area contributed by atoms with E-state index in [1.807, 2.05) is 0 Å². The molecule has 0 saturated heterocycles. The van der Waals surface area contributed by atoms with Crippen molar-refractivity contribution in [2.75, 3.05) is 5.32 Å². The van der Waals surface area contributed by atoms with Gasteiger partial charge in [0.1, 0.15) is 17.3 Å². The Bertz CT molecular complexity index is 498. The van der Waals surface area contributed by atoms with E-state index < -0.39 is 0 Å². The molecule has 1 N–H and O–H groups in total. The van der Waals surface area contributed by atoms with E-state index in [2.05, 4.69) is 43.0 Å². The molecule has 1 fully saturated rings. The molecule has 1 saturated carbocycles. The maximum absolute atomic E-state index is 11.1. The van der Waals surface area contributed by atoms with E-state index in [1.54, 1.807) is 0 Å². The van der Waals surface area contributed by atoms with Crippen LogP contribution >= 0.6 is 11.6 Å². The molecule has 0 radical (unpaired) electrons. The van der Waals surface area contributed by atoms with E-state index in [0.29, 0.717) is 23.7 Å². The summed E-state index contributed by atoms with van der Waals surface area (Å²) in [7, 11) is 0. The molecule has 2 rings (SSSR count). The van der Waals surface area contributed by atoms with Crippen LogP contribution in [0, 0.1) is 10.8 Å². The standard InChI is InChI=1S/C15H22ClN3O/c1-14(2)5-10(6-15(3,4)8-14)19-13-11(7-20)12(16)17-9-18-13/h7,9-10H,5-6,8H2,1-4H3,(H,17,18,19). The van der Waals surface area contributed by atoms with Crippen molar-refractivity contribution in [3.8, 4) is 0 Å². The van der Waals surface area contributed by atoms with Gasteiger partial charge in [-0.25, -0.2) is 9.97 Å². The monoisotopic (exact) mass is 295 g/mol. The lowest BCUT2D eigenvalue weighted by Crippen LogP contribution is -2.40. The van der Waals surface area contributed by atoms with Crippen LogP contribution in [0.2, 0.25) is 5.15 Å². The zero-order valence-corrected chi connectivity index (χ0v) is 13.3. The summed E-state index contributed by atoms with van der Waals surface area (Å²) in [5.41, 5.74) is 0.894. The number of hydrogen-bond donors (Lipinski definition) is 1. The predicted molar refractivity (Wildman–Crippen MR) is 81.3 cm³/mol. The summed E-state index contributed by atoms with van der Waals surface area (Å²) in [6.07, 6.45) is 5.40. The molecule has 5 heteroatoms. The molecule has 0 spiro atoms. The number of nitrogens with zero attached hydrogens (tertiary/aromatic N) is 2. The number of aldehydes is 1. The van der Waals surface area contributed by atoms with Crippen LogP contribution in [0.5, 0.6) is 0 Å². The maximum atomic E-state index is 11.1. The fourth-order valence-corrected chi connectivity index (χ4v) is 3.91. The lowest BCUT2D eigenvalue weighted by molar-refractivity contribution is 0.105. The van der Waals surface area contributed by atoms with Gasteiger partial charge in [-0.15, -0.1) is 0 Å². The topological polar surface area (TPSA) is 54.9 Å². The molecule has 0 aromatic carbocycles. The highest BCUT2D eigenvalue weighted by atomic mass is 35.5. The molecular formula is C15H22ClN3O. The summed E-state index contributed by atoms with van der Waals surface area (Å²) in [6.45, 7) is 9.15. The molecule has 1 heterocycles. The Hall–Kier alpha value is -1.16. The Morgan fingerprint density at radius 3 is 2.40 bits per heavy atom. The van der Waals surface area contributed by atoms with Crippen LogP contribution in [0.15, 0.2) is 6.33 Å². The summed E-state index contributed by atoms with van der Waals surface area (Å²) in [6, 6.07) is 0.290. The van der Waals surface area contributed by atoms with E-state index in [9.17, 15) is 4.79 Å². The second kappa shape index (κ2) is 5.32. The average Bonchev–Trinajstić information content (AvgIpc) is 2.24. The molecule has 110 valence electrons. The zero-order chi connectivity index (χ0) is 15.0. The number of halogens is 1. The molecule has 1 aliphatic rings. The van der Waals surface area contributed by atoms with Crippen LogP contribution in [0.3, 0.4) is 0 Å². The van der Waals surface area contributed by atoms with Crippen molar-refractivity contribution in [3.05, 3.63) is 17.0 Å². The summed E-state index contributed by atoms with van der Waals surface area (Å²) < 4.78 is 0. The second-order valence-corrected chi connectivity index (χ2v) is 7.66. The third-order valence-electron chi connectivity index (χ3n) is 3.85. The van der Waals surface area contributed by atoms with E-state index >= 15 is 0 Å². The van der Waals surface area contributed by atoms with Crippen LogP contribution in [-0.2, 0) is 0 Å². The Balaban J connectivity index is 2.22. The van der Waals surface area contributed by atoms with Crippen molar-refractivity contribution >= 4 is 23.7 Å². The van der Waals surface area contributed by atoms with E-state index in [4.69, 9.17) is 11.6 Å². The molecule has 0 amide bonds. The second-order valence-electron chi connectivity index (χ2n) is 7.30. The fraction of sp³-hybridized carbons (Fsp3) is 0.667. The number of nitrogens with one attached hydrogen (secondary N) is 1. The van der Waals surface area contributed by atoms with Crippen LogP contribution < -0.4 is 5.32 Å². The number of rotatable bonds is 3. The Kier molecular flexibility index (Phi) is 4.05. The third kappa shape index (κ3) is 3.48. The minimum absolute atomic E-state index is 0.201. The number of aromatic nitrogens is 2. The van der Waals surface area contributed by atoms with Crippen molar-refractivity contribution < 1.29 is 4.79 Å². The van der Waals surface area contributed by atoms with Crippen LogP contribution in [0.1, 0.15) is 57.3 Å². The first-order chi connectivity index (χ1) is 9.22. The summed E-state index contributed by atoms with van der Waals surface area (Å²) in [5.74, 6) is 0.540. The molecule has 20 heavy (non-hydrogen) atoms. The van der Waals surface area contributed by atoms with Gasteiger partial charge >= 0.3 is 0 Å². The number of carbonyl (C=O) groups excluding carboxylic acids is 1. The van der Waals surface area contributed by atoms with Crippen molar-refractivity contribution in [3.63, 3.8) is 0 Å². The van der Waals surface area contributed by atoms with Crippen molar-refractivity contribution in [1.29, 1.82) is 0 Å². The van der Waals surface area contributed by atoms with Gasteiger partial charge in [-0.2, -0.15) is 0 Å². The highest BCUT2D eigenvalue weighted by Crippen LogP contribution is 2.46. The summed E-state index contributed by atoms with van der Waals surface area (Å²) >= 11 is 5.94. The first-order valence-corrected chi connectivity index (χ1v) is 7.32. The number of anilines is 1.